The number of fused-ring (bicyclic) bond motifs is 1. The number of likely N-dealkylation sites (N-methyl/N-ethyl adjacent to an activating group) is 1. The van der Waals surface area contributed by atoms with E-state index in [1.54, 1.807) is 45.4 Å². The van der Waals surface area contributed by atoms with Gasteiger partial charge in [0.15, 0.2) is 18.0 Å². The molecule has 15 nitrogen and oxygen atoms in total. The van der Waals surface area contributed by atoms with Gasteiger partial charge in [-0.25, -0.2) is 4.79 Å². The number of esters is 2. The quantitative estimate of drug-likeness (QED) is 0.214. The molecule has 1 aromatic rings. The standard InChI is InChI=1S/C39H61N3O12/c1-13-28-39(8)34(53-37(46)54-39)23(4)30(41-48-12)21(2)20-38(7,47-11)33(52-36-31(44)27(42(9)10)18-22(3)49-36)24(5)32(25(6)35(45)50-28)51-29(43)19-26-16-14-15-17-40-26/h14-17,21-25,27-28,31-34,36,44H,13,18-20H2,1-12H3/b41-30+/t21-,22-,23+,24+,25-,27+,28-,31-,32+,33-,34-,36+,38-,39-/m1/s1. The Bertz CT molecular complexity index is 1460. The highest BCUT2D eigenvalue weighted by atomic mass is 16.8. The van der Waals surface area contributed by atoms with E-state index in [4.69, 9.17) is 38.0 Å². The third-order valence-corrected chi connectivity index (χ3v) is 11.5. The summed E-state index contributed by atoms with van der Waals surface area (Å²) in [6, 6.07) is 4.95. The molecular weight excluding hydrogens is 702 g/mol. The lowest BCUT2D eigenvalue weighted by Crippen LogP contribution is -2.60. The zero-order valence-corrected chi connectivity index (χ0v) is 33.8. The largest absolute Gasteiger partial charge is 0.509 e. The number of carbonyl (C=O) groups excluding carboxylic acids is 3. The van der Waals surface area contributed by atoms with Gasteiger partial charge in [-0.2, -0.15) is 0 Å². The Labute approximate surface area is 319 Å². The lowest BCUT2D eigenvalue weighted by molar-refractivity contribution is -0.301. The summed E-state index contributed by atoms with van der Waals surface area (Å²) in [6.07, 6.45) is -4.71. The van der Waals surface area contributed by atoms with Crippen LogP contribution in [0.25, 0.3) is 0 Å². The van der Waals surface area contributed by atoms with E-state index in [-0.39, 0.29) is 37.3 Å². The van der Waals surface area contributed by atoms with Crippen LogP contribution in [0.4, 0.5) is 4.79 Å². The van der Waals surface area contributed by atoms with E-state index in [1.807, 2.05) is 60.5 Å². The summed E-state index contributed by atoms with van der Waals surface area (Å²) in [5, 5.41) is 16.1. The first-order chi connectivity index (χ1) is 25.4. The number of nitrogens with zero attached hydrogens (tertiary/aromatic N) is 3. The van der Waals surface area contributed by atoms with Crippen LogP contribution in [0.1, 0.15) is 80.3 Å². The topological polar surface area (TPSA) is 174 Å². The smallest absolute Gasteiger partial charge is 0.461 e. The first-order valence-corrected chi connectivity index (χ1v) is 18.9. The zero-order chi connectivity index (χ0) is 40.1. The van der Waals surface area contributed by atoms with Crippen molar-refractivity contribution in [2.45, 2.75) is 141 Å². The van der Waals surface area contributed by atoms with Crippen molar-refractivity contribution in [3.8, 4) is 0 Å². The Hall–Kier alpha value is -3.37. The Kier molecular flexibility index (Phi) is 14.5. The molecule has 3 aliphatic heterocycles. The molecule has 0 radical (unpaired) electrons. The maximum absolute atomic E-state index is 14.3. The Balaban J connectivity index is 1.88. The van der Waals surface area contributed by atoms with Crippen molar-refractivity contribution >= 4 is 23.8 Å². The summed E-state index contributed by atoms with van der Waals surface area (Å²) in [4.78, 5) is 52.4. The summed E-state index contributed by atoms with van der Waals surface area (Å²) in [6.45, 7) is 14.5. The van der Waals surface area contributed by atoms with E-state index in [0.717, 1.165) is 0 Å². The van der Waals surface area contributed by atoms with Crippen LogP contribution in [0.3, 0.4) is 0 Å². The molecule has 0 saturated carbocycles. The third-order valence-electron chi connectivity index (χ3n) is 11.5. The van der Waals surface area contributed by atoms with E-state index >= 15 is 0 Å². The van der Waals surface area contributed by atoms with E-state index in [9.17, 15) is 19.5 Å². The SMILES string of the molecule is CC[C@H]1OC(=O)[C@H](C)[C@@H](OC(=O)Cc2ccccn2)[C@H](C)[C@@H](O[C@@H]2O[C@H](C)C[C@H](N(C)C)[C@H]2O)[C@](C)(OC)C[C@@H](C)/C(=N\OC)[C@H](C)[C@H]2OC(=O)O[C@@]21C. The minimum atomic E-state index is -1.40. The van der Waals surface area contributed by atoms with Gasteiger partial charge in [-0.15, -0.1) is 0 Å². The fourth-order valence-corrected chi connectivity index (χ4v) is 8.53. The highest BCUT2D eigenvalue weighted by molar-refractivity contribution is 5.89. The average Bonchev–Trinajstić information content (AvgIpc) is 3.44. The van der Waals surface area contributed by atoms with Crippen molar-refractivity contribution in [3.05, 3.63) is 30.1 Å². The number of oxime groups is 1. The molecule has 3 aliphatic rings. The molecule has 54 heavy (non-hydrogen) atoms. The van der Waals surface area contributed by atoms with Crippen molar-refractivity contribution in [2.75, 3.05) is 28.3 Å². The lowest BCUT2D eigenvalue weighted by Gasteiger charge is -2.48. The molecule has 3 saturated heterocycles. The zero-order valence-electron chi connectivity index (χ0n) is 33.8. The predicted molar refractivity (Wildman–Crippen MR) is 196 cm³/mol. The number of methoxy groups -OCH3 is 1. The number of cyclic esters (lactones) is 1. The molecule has 1 N–H and O–H groups in total. The Morgan fingerprint density at radius 3 is 2.37 bits per heavy atom. The van der Waals surface area contributed by atoms with Gasteiger partial charge in [-0.3, -0.25) is 14.6 Å². The van der Waals surface area contributed by atoms with Crippen molar-refractivity contribution in [3.63, 3.8) is 0 Å². The first-order valence-electron chi connectivity index (χ1n) is 18.9. The maximum atomic E-state index is 14.3. The minimum Gasteiger partial charge on any atom is -0.461 e. The van der Waals surface area contributed by atoms with Crippen molar-refractivity contribution in [2.24, 2.45) is 28.8 Å². The Morgan fingerprint density at radius 2 is 1.78 bits per heavy atom. The summed E-state index contributed by atoms with van der Waals surface area (Å²) in [5.74, 6) is -4.07. The van der Waals surface area contributed by atoms with Gasteiger partial charge in [-0.05, 0) is 73.2 Å². The van der Waals surface area contributed by atoms with Gasteiger partial charge in [0.05, 0.1) is 41.6 Å². The fraction of sp³-hybridized carbons (Fsp3) is 0.769. The van der Waals surface area contributed by atoms with Crippen LogP contribution >= 0.6 is 0 Å². The highest BCUT2D eigenvalue weighted by Gasteiger charge is 2.59. The second-order valence-corrected chi connectivity index (χ2v) is 15.7. The summed E-state index contributed by atoms with van der Waals surface area (Å²) < 4.78 is 43.5. The molecule has 0 unspecified atom stereocenters. The number of rotatable bonds is 9. The van der Waals surface area contributed by atoms with Crippen LogP contribution in [-0.4, -0.2) is 127 Å². The molecular formula is C39H61N3O12. The summed E-state index contributed by atoms with van der Waals surface area (Å²) in [5.41, 5.74) is -1.56. The van der Waals surface area contributed by atoms with E-state index in [2.05, 4.69) is 10.1 Å². The molecule has 14 atom stereocenters. The average molecular weight is 764 g/mol. The summed E-state index contributed by atoms with van der Waals surface area (Å²) in [7, 11) is 6.76. The van der Waals surface area contributed by atoms with Crippen LogP contribution in [0.5, 0.6) is 0 Å². The van der Waals surface area contributed by atoms with Gasteiger partial charge in [-0.1, -0.05) is 38.9 Å². The van der Waals surface area contributed by atoms with Crippen molar-refractivity contribution < 1.29 is 57.5 Å². The molecule has 1 aromatic heterocycles. The van der Waals surface area contributed by atoms with Crippen LogP contribution in [0, 0.1) is 23.7 Å². The number of hydrogen-bond donors (Lipinski definition) is 1. The molecule has 0 bridgehead atoms. The number of hydrogen-bond acceptors (Lipinski definition) is 15. The fourth-order valence-electron chi connectivity index (χ4n) is 8.53. The number of ether oxygens (including phenoxy) is 7. The molecule has 0 aliphatic carbocycles. The second-order valence-electron chi connectivity index (χ2n) is 15.7. The normalized spacial score (nSPS) is 40.2. The molecule has 0 aromatic carbocycles. The van der Waals surface area contributed by atoms with Crippen molar-refractivity contribution in [1.29, 1.82) is 0 Å². The molecule has 3 fully saturated rings. The molecule has 304 valence electrons. The molecule has 0 amide bonds. The van der Waals surface area contributed by atoms with Crippen LogP contribution < -0.4 is 0 Å². The minimum absolute atomic E-state index is 0.151. The molecule has 4 rings (SSSR count). The number of pyridine rings is 1. The number of aliphatic hydroxyl groups excluding tert-OH is 1. The van der Waals surface area contributed by atoms with Gasteiger partial charge >= 0.3 is 18.1 Å². The van der Waals surface area contributed by atoms with Gasteiger partial charge < -0.3 is 48.0 Å². The first kappa shape index (κ1) is 43.4. The van der Waals surface area contributed by atoms with Gasteiger partial charge in [0, 0.05) is 37.1 Å². The van der Waals surface area contributed by atoms with Crippen LogP contribution in [0.2, 0.25) is 0 Å². The van der Waals surface area contributed by atoms with Gasteiger partial charge in [0.1, 0.15) is 25.4 Å². The predicted octanol–water partition coefficient (Wildman–Crippen LogP) is 4.32. The van der Waals surface area contributed by atoms with E-state index < -0.39 is 83.9 Å². The van der Waals surface area contributed by atoms with E-state index in [0.29, 0.717) is 17.8 Å². The molecule has 4 heterocycles. The van der Waals surface area contributed by atoms with Crippen LogP contribution in [0.15, 0.2) is 29.6 Å². The molecule has 0 spiro atoms. The lowest BCUT2D eigenvalue weighted by atomic mass is 9.73. The highest BCUT2D eigenvalue weighted by Crippen LogP contribution is 2.43. The van der Waals surface area contributed by atoms with Crippen molar-refractivity contribution in [1.82, 2.24) is 9.88 Å². The van der Waals surface area contributed by atoms with Gasteiger partial charge in [0.2, 0.25) is 0 Å². The number of aliphatic hydroxyl groups is 1. The van der Waals surface area contributed by atoms with Crippen LogP contribution in [-0.2, 0) is 54.0 Å². The Morgan fingerprint density at radius 1 is 1.07 bits per heavy atom. The van der Waals surface area contributed by atoms with E-state index in [1.165, 1.54) is 7.11 Å². The molecule has 15 heteroatoms. The number of aromatic nitrogens is 1. The third kappa shape index (κ3) is 9.35. The second kappa shape index (κ2) is 18.1. The number of carbonyl (C=O) groups is 3. The maximum Gasteiger partial charge on any atom is 0.509 e. The van der Waals surface area contributed by atoms with Gasteiger partial charge in [0.25, 0.3) is 0 Å². The summed E-state index contributed by atoms with van der Waals surface area (Å²) >= 11 is 0. The monoisotopic (exact) mass is 763 g/mol.